The zero-order chi connectivity index (χ0) is 16.4. The Bertz CT molecular complexity index is 815. The molecule has 0 saturated carbocycles. The molecule has 25 heavy (non-hydrogen) atoms. The number of thiophene rings is 1. The average Bonchev–Trinajstić information content (AvgIpc) is 3.21. The molecule has 1 N–H and O–H groups in total. The highest BCUT2D eigenvalue weighted by Gasteiger charge is 2.24. The maximum absolute atomic E-state index is 4.67. The van der Waals surface area contributed by atoms with Crippen molar-refractivity contribution in [3.63, 3.8) is 0 Å². The second-order valence-corrected chi connectivity index (χ2v) is 8.16. The molecule has 3 nitrogen and oxygen atoms in total. The predicted octanol–water partition coefficient (Wildman–Crippen LogP) is 5.34. The summed E-state index contributed by atoms with van der Waals surface area (Å²) >= 11 is 5.32. The molecule has 2 aromatic heterocycles. The summed E-state index contributed by atoms with van der Waals surface area (Å²) in [6.07, 6.45) is 5.61. The molecule has 0 fully saturated rings. The monoisotopic (exact) mass is 437 g/mol. The molecule has 0 spiro atoms. The molecule has 1 atom stereocenters. The topological polar surface area (TPSA) is 29.9 Å². The van der Waals surface area contributed by atoms with Gasteiger partial charge in [-0.2, -0.15) is 5.10 Å². The second kappa shape index (κ2) is 8.49. The maximum Gasteiger partial charge on any atom is 0.0662 e. The molecule has 132 valence electrons. The number of nitrogens with zero attached hydrogens (tertiary/aromatic N) is 2. The van der Waals surface area contributed by atoms with E-state index in [9.17, 15) is 0 Å². The van der Waals surface area contributed by atoms with Crippen molar-refractivity contribution in [1.82, 2.24) is 15.1 Å². The van der Waals surface area contributed by atoms with E-state index in [-0.39, 0.29) is 12.4 Å². The summed E-state index contributed by atoms with van der Waals surface area (Å²) in [4.78, 5) is 1.37. The van der Waals surface area contributed by atoms with Crippen molar-refractivity contribution in [3.05, 3.63) is 74.1 Å². The van der Waals surface area contributed by atoms with Gasteiger partial charge in [-0.3, -0.25) is 4.68 Å². The van der Waals surface area contributed by atoms with Crippen molar-refractivity contribution >= 4 is 39.7 Å². The molecule has 0 aliphatic heterocycles. The van der Waals surface area contributed by atoms with Crippen LogP contribution in [-0.4, -0.2) is 9.78 Å². The van der Waals surface area contributed by atoms with Crippen LogP contribution in [0, 0.1) is 0 Å². The van der Waals surface area contributed by atoms with Gasteiger partial charge in [0.15, 0.2) is 0 Å². The average molecular weight is 439 g/mol. The Morgan fingerprint density at radius 2 is 2.12 bits per heavy atom. The van der Waals surface area contributed by atoms with Crippen LogP contribution in [-0.2, 0) is 19.5 Å². The Balaban J connectivity index is 0.00000182. The number of fused-ring (bicyclic) bond motifs is 1. The molecule has 1 aromatic carbocycles. The highest BCUT2D eigenvalue weighted by molar-refractivity contribution is 9.10. The number of nitrogens with one attached hydrogen (secondary N) is 1. The number of hydrogen-bond acceptors (Lipinski definition) is 3. The van der Waals surface area contributed by atoms with E-state index in [4.69, 9.17) is 0 Å². The molecular formula is C19H21BrClN3S. The molecule has 2 heterocycles. The van der Waals surface area contributed by atoms with E-state index >= 15 is 0 Å². The summed E-state index contributed by atoms with van der Waals surface area (Å²) in [6, 6.07) is 13.2. The van der Waals surface area contributed by atoms with E-state index in [0.717, 1.165) is 19.5 Å². The van der Waals surface area contributed by atoms with Crippen LogP contribution in [0.1, 0.15) is 40.6 Å². The fourth-order valence-electron chi connectivity index (χ4n) is 3.39. The standard InChI is InChI=1S/C19H20BrN3S.ClH/c20-15-9-16(24-13-15)10-21-18-7-4-8-19-17(18)11-22-23(19)12-14-5-2-1-3-6-14;/h1-3,5-6,9,11,13,18,21H,4,7-8,10,12H2;1H. The van der Waals surface area contributed by atoms with E-state index in [1.54, 1.807) is 11.3 Å². The lowest BCUT2D eigenvalue weighted by atomic mass is 9.93. The molecule has 0 radical (unpaired) electrons. The third-order valence-electron chi connectivity index (χ3n) is 4.58. The minimum Gasteiger partial charge on any atom is -0.305 e. The van der Waals surface area contributed by atoms with Gasteiger partial charge in [0.1, 0.15) is 0 Å². The molecule has 1 aliphatic rings. The minimum absolute atomic E-state index is 0. The molecule has 4 rings (SSSR count). The number of halogens is 2. The zero-order valence-corrected chi connectivity index (χ0v) is 17.0. The van der Waals surface area contributed by atoms with Gasteiger partial charge in [-0.1, -0.05) is 30.3 Å². The van der Waals surface area contributed by atoms with Gasteiger partial charge in [0.05, 0.1) is 12.7 Å². The molecule has 1 unspecified atom stereocenters. The van der Waals surface area contributed by atoms with Crippen LogP contribution in [0.15, 0.2) is 52.4 Å². The Morgan fingerprint density at radius 3 is 2.88 bits per heavy atom. The van der Waals surface area contributed by atoms with Gasteiger partial charge < -0.3 is 5.32 Å². The lowest BCUT2D eigenvalue weighted by Crippen LogP contribution is -2.25. The smallest absolute Gasteiger partial charge is 0.0662 e. The van der Waals surface area contributed by atoms with Gasteiger partial charge in [0.25, 0.3) is 0 Å². The van der Waals surface area contributed by atoms with E-state index in [1.165, 1.54) is 39.0 Å². The molecular weight excluding hydrogens is 418 g/mol. The summed E-state index contributed by atoms with van der Waals surface area (Å²) in [6.45, 7) is 1.78. The van der Waals surface area contributed by atoms with Crippen LogP contribution < -0.4 is 5.32 Å². The van der Waals surface area contributed by atoms with Crippen LogP contribution in [0.5, 0.6) is 0 Å². The molecule has 1 aliphatic carbocycles. The third-order valence-corrected chi connectivity index (χ3v) is 6.28. The van der Waals surface area contributed by atoms with Gasteiger partial charge >= 0.3 is 0 Å². The first kappa shape index (κ1) is 18.6. The van der Waals surface area contributed by atoms with Crippen molar-refractivity contribution in [3.8, 4) is 0 Å². The van der Waals surface area contributed by atoms with E-state index in [1.807, 2.05) is 0 Å². The highest BCUT2D eigenvalue weighted by atomic mass is 79.9. The normalized spacial score (nSPS) is 16.3. The van der Waals surface area contributed by atoms with E-state index in [2.05, 4.69) is 79.0 Å². The summed E-state index contributed by atoms with van der Waals surface area (Å²) in [5, 5.41) is 10.5. The van der Waals surface area contributed by atoms with Gasteiger partial charge in [-0.15, -0.1) is 23.7 Å². The lowest BCUT2D eigenvalue weighted by Gasteiger charge is -2.24. The SMILES string of the molecule is Brc1csc(CNC2CCCc3c2cnn3Cc2ccccc2)c1.Cl. The van der Waals surface area contributed by atoms with E-state index in [0.29, 0.717) is 6.04 Å². The molecule has 0 bridgehead atoms. The second-order valence-electron chi connectivity index (χ2n) is 6.25. The first-order chi connectivity index (χ1) is 11.8. The van der Waals surface area contributed by atoms with Crippen LogP contribution in [0.2, 0.25) is 0 Å². The number of rotatable bonds is 5. The van der Waals surface area contributed by atoms with Gasteiger partial charge in [0.2, 0.25) is 0 Å². The number of benzene rings is 1. The predicted molar refractivity (Wildman–Crippen MR) is 110 cm³/mol. The summed E-state index contributed by atoms with van der Waals surface area (Å²) in [7, 11) is 0. The van der Waals surface area contributed by atoms with E-state index < -0.39 is 0 Å². The van der Waals surface area contributed by atoms with Crippen molar-refractivity contribution < 1.29 is 0 Å². The van der Waals surface area contributed by atoms with Crippen molar-refractivity contribution in [2.45, 2.75) is 38.4 Å². The summed E-state index contributed by atoms with van der Waals surface area (Å²) in [5.41, 5.74) is 4.09. The Labute approximate surface area is 167 Å². The summed E-state index contributed by atoms with van der Waals surface area (Å²) in [5.74, 6) is 0. The first-order valence-electron chi connectivity index (χ1n) is 8.34. The lowest BCUT2D eigenvalue weighted by molar-refractivity contribution is 0.451. The number of aromatic nitrogens is 2. The third kappa shape index (κ3) is 4.34. The van der Waals surface area contributed by atoms with Crippen LogP contribution in [0.25, 0.3) is 0 Å². The van der Waals surface area contributed by atoms with Gasteiger partial charge in [0, 0.05) is 38.6 Å². The summed E-state index contributed by atoms with van der Waals surface area (Å²) < 4.78 is 3.35. The van der Waals surface area contributed by atoms with Crippen molar-refractivity contribution in [2.24, 2.45) is 0 Å². The van der Waals surface area contributed by atoms with Crippen LogP contribution in [0.3, 0.4) is 0 Å². The van der Waals surface area contributed by atoms with Crippen molar-refractivity contribution in [2.75, 3.05) is 0 Å². The van der Waals surface area contributed by atoms with Crippen LogP contribution in [0.4, 0.5) is 0 Å². The van der Waals surface area contributed by atoms with Crippen molar-refractivity contribution in [1.29, 1.82) is 0 Å². The largest absolute Gasteiger partial charge is 0.305 e. The zero-order valence-electron chi connectivity index (χ0n) is 13.8. The first-order valence-corrected chi connectivity index (χ1v) is 10.0. The quantitative estimate of drug-likeness (QED) is 0.582. The fourth-order valence-corrected chi connectivity index (χ4v) is 4.80. The Hall–Kier alpha value is -1.14. The van der Waals surface area contributed by atoms with Gasteiger partial charge in [-0.25, -0.2) is 0 Å². The molecule has 6 heteroatoms. The molecule has 0 amide bonds. The molecule has 3 aromatic rings. The number of hydrogen-bond donors (Lipinski definition) is 1. The Kier molecular flexibility index (Phi) is 6.34. The fraction of sp³-hybridized carbons (Fsp3) is 0.316. The molecule has 0 saturated heterocycles. The Morgan fingerprint density at radius 1 is 1.28 bits per heavy atom. The van der Waals surface area contributed by atoms with Crippen LogP contribution >= 0.6 is 39.7 Å². The minimum atomic E-state index is 0. The maximum atomic E-state index is 4.67. The highest BCUT2D eigenvalue weighted by Crippen LogP contribution is 2.30. The van der Waals surface area contributed by atoms with Gasteiger partial charge in [-0.05, 0) is 46.8 Å².